The summed E-state index contributed by atoms with van der Waals surface area (Å²) < 4.78 is 0.979. The maximum absolute atomic E-state index is 12.0. The lowest BCUT2D eigenvalue weighted by Crippen LogP contribution is -2.46. The second-order valence-electron chi connectivity index (χ2n) is 3.68. The van der Waals surface area contributed by atoms with Crippen LogP contribution >= 0.6 is 35.2 Å². The first-order chi connectivity index (χ1) is 9.13. The number of nitrogens with one attached hydrogen (secondary N) is 3. The largest absolute Gasteiger partial charge is 0.362 e. The summed E-state index contributed by atoms with van der Waals surface area (Å²) in [6.07, 6.45) is 0. The number of thiocarbonyl (C=S) groups is 1. The minimum atomic E-state index is -0.300. The van der Waals surface area contributed by atoms with Crippen LogP contribution < -0.4 is 16.2 Å². The predicted octanol–water partition coefficient (Wildman–Crippen LogP) is 2.68. The number of benzene rings is 1. The Morgan fingerprint density at radius 3 is 2.79 bits per heavy atom. The van der Waals surface area contributed by atoms with Gasteiger partial charge in [0.25, 0.3) is 5.91 Å². The van der Waals surface area contributed by atoms with E-state index < -0.39 is 0 Å². The van der Waals surface area contributed by atoms with Gasteiger partial charge in [0, 0.05) is 16.6 Å². The van der Waals surface area contributed by atoms with E-state index in [1.54, 1.807) is 0 Å². The molecule has 0 unspecified atom stereocenters. The molecule has 1 aromatic heterocycles. The third-order valence-electron chi connectivity index (χ3n) is 2.37. The Bertz CT molecular complexity index is 626. The van der Waals surface area contributed by atoms with E-state index in [4.69, 9.17) is 23.8 Å². The van der Waals surface area contributed by atoms with Gasteiger partial charge in [-0.2, -0.15) is 0 Å². The minimum Gasteiger partial charge on any atom is -0.362 e. The second-order valence-corrected chi connectivity index (χ2v) is 5.52. The summed E-state index contributed by atoms with van der Waals surface area (Å²) in [5, 5.41) is 4.59. The molecule has 0 aliphatic heterocycles. The van der Waals surface area contributed by atoms with Crippen LogP contribution in [0.15, 0.2) is 24.3 Å². The van der Waals surface area contributed by atoms with Crippen molar-refractivity contribution in [2.24, 2.45) is 0 Å². The lowest BCUT2D eigenvalue weighted by Gasteiger charge is -2.09. The van der Waals surface area contributed by atoms with Crippen molar-refractivity contribution >= 4 is 56.3 Å². The van der Waals surface area contributed by atoms with Crippen LogP contribution in [-0.4, -0.2) is 17.6 Å². The Balaban J connectivity index is 2.13. The number of hydrogen-bond acceptors (Lipinski definition) is 3. The van der Waals surface area contributed by atoms with Gasteiger partial charge in [-0.3, -0.25) is 15.6 Å². The van der Waals surface area contributed by atoms with E-state index in [9.17, 15) is 4.79 Å². The fraction of sp³-hybridized carbons (Fsp3) is 0.167. The first-order valence-electron chi connectivity index (χ1n) is 5.64. The Morgan fingerprint density at radius 1 is 1.37 bits per heavy atom. The van der Waals surface area contributed by atoms with Crippen LogP contribution in [0.2, 0.25) is 5.02 Å². The number of rotatable bonds is 2. The highest BCUT2D eigenvalue weighted by Gasteiger charge is 2.16. The third-order valence-corrected chi connectivity index (χ3v) is 4.29. The zero-order chi connectivity index (χ0) is 13.8. The minimum absolute atomic E-state index is 0.300. The van der Waals surface area contributed by atoms with Gasteiger partial charge in [0.05, 0.1) is 5.02 Å². The molecule has 0 fully saturated rings. The molecule has 0 radical (unpaired) electrons. The third kappa shape index (κ3) is 3.15. The molecule has 1 heterocycles. The molecule has 0 saturated carbocycles. The van der Waals surface area contributed by atoms with Crippen molar-refractivity contribution < 1.29 is 4.79 Å². The average Bonchev–Trinajstić information content (AvgIpc) is 2.74. The molecule has 100 valence electrons. The summed E-state index contributed by atoms with van der Waals surface area (Å²) in [4.78, 5) is 12.5. The number of amides is 1. The first-order valence-corrected chi connectivity index (χ1v) is 7.25. The number of hydrazine groups is 1. The number of thiophene rings is 1. The molecular weight excluding hydrogens is 302 g/mol. The monoisotopic (exact) mass is 313 g/mol. The molecule has 3 N–H and O–H groups in total. The molecular formula is C12H12ClN3OS2. The fourth-order valence-corrected chi connectivity index (χ4v) is 3.14. The van der Waals surface area contributed by atoms with Crippen LogP contribution in [0, 0.1) is 0 Å². The highest BCUT2D eigenvalue weighted by Crippen LogP contribution is 2.34. The fourth-order valence-electron chi connectivity index (χ4n) is 1.54. The van der Waals surface area contributed by atoms with E-state index in [1.807, 2.05) is 31.2 Å². The van der Waals surface area contributed by atoms with E-state index in [2.05, 4.69) is 16.2 Å². The Kier molecular flexibility index (Phi) is 4.57. The molecule has 0 aliphatic rings. The molecule has 0 spiro atoms. The van der Waals surface area contributed by atoms with E-state index in [0.717, 1.165) is 10.1 Å². The van der Waals surface area contributed by atoms with Crippen molar-refractivity contribution in [3.63, 3.8) is 0 Å². The van der Waals surface area contributed by atoms with E-state index in [1.165, 1.54) is 11.3 Å². The molecule has 1 aromatic carbocycles. The van der Waals surface area contributed by atoms with E-state index in [0.29, 0.717) is 21.6 Å². The summed E-state index contributed by atoms with van der Waals surface area (Å²) >= 11 is 12.5. The van der Waals surface area contributed by atoms with Crippen LogP contribution in [0.1, 0.15) is 16.6 Å². The summed E-state index contributed by atoms with van der Waals surface area (Å²) in [6, 6.07) is 7.62. The van der Waals surface area contributed by atoms with Crippen molar-refractivity contribution in [3.05, 3.63) is 34.2 Å². The Morgan fingerprint density at radius 2 is 2.11 bits per heavy atom. The number of carbonyl (C=O) groups is 1. The molecule has 4 nitrogen and oxygen atoms in total. The van der Waals surface area contributed by atoms with Gasteiger partial charge in [0.15, 0.2) is 5.11 Å². The maximum atomic E-state index is 12.0. The van der Waals surface area contributed by atoms with Gasteiger partial charge < -0.3 is 5.32 Å². The topological polar surface area (TPSA) is 53.2 Å². The van der Waals surface area contributed by atoms with Gasteiger partial charge >= 0.3 is 0 Å². The molecule has 2 rings (SSSR count). The van der Waals surface area contributed by atoms with Crippen LogP contribution in [0.5, 0.6) is 0 Å². The van der Waals surface area contributed by atoms with Crippen molar-refractivity contribution in [1.82, 2.24) is 16.2 Å². The lowest BCUT2D eigenvalue weighted by molar-refractivity contribution is 0.0948. The van der Waals surface area contributed by atoms with E-state index in [-0.39, 0.29) is 5.91 Å². The average molecular weight is 314 g/mol. The molecule has 19 heavy (non-hydrogen) atoms. The van der Waals surface area contributed by atoms with Gasteiger partial charge in [-0.1, -0.05) is 29.8 Å². The molecule has 0 saturated heterocycles. The summed E-state index contributed by atoms with van der Waals surface area (Å²) in [7, 11) is 0. The normalized spacial score (nSPS) is 10.2. The molecule has 0 aliphatic carbocycles. The Labute approximate surface area is 125 Å². The smallest absolute Gasteiger partial charge is 0.281 e. The van der Waals surface area contributed by atoms with Gasteiger partial charge in [-0.15, -0.1) is 11.3 Å². The highest BCUT2D eigenvalue weighted by atomic mass is 35.5. The van der Waals surface area contributed by atoms with Crippen LogP contribution in [0.4, 0.5) is 0 Å². The Hall–Kier alpha value is -1.37. The summed E-state index contributed by atoms with van der Waals surface area (Å²) in [6.45, 7) is 2.60. The van der Waals surface area contributed by atoms with Crippen molar-refractivity contribution in [3.8, 4) is 0 Å². The van der Waals surface area contributed by atoms with Gasteiger partial charge in [0.1, 0.15) is 4.88 Å². The van der Waals surface area contributed by atoms with Crippen molar-refractivity contribution in [2.45, 2.75) is 6.92 Å². The van der Waals surface area contributed by atoms with Gasteiger partial charge in [0.2, 0.25) is 0 Å². The lowest BCUT2D eigenvalue weighted by atomic mass is 10.2. The zero-order valence-corrected chi connectivity index (χ0v) is 12.5. The highest BCUT2D eigenvalue weighted by molar-refractivity contribution is 7.80. The zero-order valence-electron chi connectivity index (χ0n) is 10.1. The van der Waals surface area contributed by atoms with E-state index >= 15 is 0 Å². The molecule has 0 atom stereocenters. The van der Waals surface area contributed by atoms with Crippen LogP contribution in [-0.2, 0) is 0 Å². The first kappa shape index (κ1) is 14.0. The number of hydrogen-bond donors (Lipinski definition) is 3. The molecule has 2 aromatic rings. The van der Waals surface area contributed by atoms with Crippen LogP contribution in [0.3, 0.4) is 0 Å². The summed E-state index contributed by atoms with van der Waals surface area (Å²) in [5.41, 5.74) is 5.14. The predicted molar refractivity (Wildman–Crippen MR) is 83.7 cm³/mol. The number of halogens is 1. The number of carbonyl (C=O) groups excluding carboxylic acids is 1. The maximum Gasteiger partial charge on any atom is 0.281 e. The van der Waals surface area contributed by atoms with Crippen molar-refractivity contribution in [2.75, 3.05) is 6.54 Å². The number of fused-ring (bicyclic) bond motifs is 1. The molecule has 7 heteroatoms. The van der Waals surface area contributed by atoms with Gasteiger partial charge in [-0.05, 0) is 25.2 Å². The van der Waals surface area contributed by atoms with Crippen LogP contribution in [0.25, 0.3) is 10.1 Å². The van der Waals surface area contributed by atoms with Gasteiger partial charge in [-0.25, -0.2) is 0 Å². The molecule has 1 amide bonds. The standard InChI is InChI=1S/C12H12ClN3OS2/c1-2-14-12(18)16-15-11(17)10-9(13)7-5-3-4-6-8(7)19-10/h3-6H,2H2,1H3,(H,15,17)(H2,14,16,18). The SMILES string of the molecule is CCNC(=S)NNC(=O)c1sc2ccccc2c1Cl. The quantitative estimate of drug-likeness (QED) is 0.589. The second kappa shape index (κ2) is 6.18. The molecule has 0 bridgehead atoms. The van der Waals surface area contributed by atoms with Crippen molar-refractivity contribution in [1.29, 1.82) is 0 Å². The summed E-state index contributed by atoms with van der Waals surface area (Å²) in [5.74, 6) is -0.300.